The number of benzene rings is 2. The predicted octanol–water partition coefficient (Wildman–Crippen LogP) is 4.75. The van der Waals surface area contributed by atoms with Gasteiger partial charge in [0.15, 0.2) is 0 Å². The number of likely N-dealkylation sites (N-methyl/N-ethyl adjacent to an activating group) is 1. The van der Waals surface area contributed by atoms with E-state index in [4.69, 9.17) is 23.2 Å². The van der Waals surface area contributed by atoms with Crippen LogP contribution in [-0.4, -0.2) is 36.9 Å². The third-order valence-corrected chi connectivity index (χ3v) is 5.54. The summed E-state index contributed by atoms with van der Waals surface area (Å²) in [5.41, 5.74) is 2.40. The topological polar surface area (TPSA) is 52.7 Å². The Morgan fingerprint density at radius 3 is 2.71 bits per heavy atom. The van der Waals surface area contributed by atoms with E-state index in [2.05, 4.69) is 5.32 Å². The molecule has 0 aromatic heterocycles. The van der Waals surface area contributed by atoms with Crippen molar-refractivity contribution in [3.05, 3.63) is 58.1 Å². The molecule has 7 heteroatoms. The van der Waals surface area contributed by atoms with Gasteiger partial charge in [-0.15, -0.1) is 0 Å². The molecule has 0 aliphatic carbocycles. The average Bonchev–Trinajstić information content (AvgIpc) is 3.07. The molecule has 28 heavy (non-hydrogen) atoms. The maximum atomic E-state index is 12.5. The van der Waals surface area contributed by atoms with Crippen LogP contribution >= 0.6 is 23.2 Å². The smallest absolute Gasteiger partial charge is 0.238 e. The summed E-state index contributed by atoms with van der Waals surface area (Å²) < 4.78 is 0. The lowest BCUT2D eigenvalue weighted by atomic mass is 10.1. The molecule has 1 aliphatic heterocycles. The lowest BCUT2D eigenvalue weighted by Gasteiger charge is -2.25. The molecule has 2 aromatic rings. The fourth-order valence-electron chi connectivity index (χ4n) is 3.31. The first-order chi connectivity index (χ1) is 13.3. The number of rotatable bonds is 6. The van der Waals surface area contributed by atoms with E-state index in [1.54, 1.807) is 17.0 Å². The van der Waals surface area contributed by atoms with Gasteiger partial charge >= 0.3 is 0 Å². The number of amides is 2. The normalized spacial score (nSPS) is 15.2. The molecule has 1 saturated heterocycles. The second-order valence-electron chi connectivity index (χ2n) is 7.00. The van der Waals surface area contributed by atoms with E-state index in [-0.39, 0.29) is 24.4 Å². The highest BCUT2D eigenvalue weighted by atomic mass is 35.5. The first kappa shape index (κ1) is 20.6. The zero-order chi connectivity index (χ0) is 20.3. The Labute approximate surface area is 175 Å². The molecule has 5 nitrogen and oxygen atoms in total. The number of halogens is 2. The molecule has 1 N–H and O–H groups in total. The van der Waals surface area contributed by atoms with Crippen LogP contribution in [0.3, 0.4) is 0 Å². The number of carbonyl (C=O) groups excluding carboxylic acids is 2. The van der Waals surface area contributed by atoms with Crippen LogP contribution in [0, 0.1) is 0 Å². The maximum Gasteiger partial charge on any atom is 0.238 e. The van der Waals surface area contributed by atoms with Crippen molar-refractivity contribution in [2.45, 2.75) is 25.8 Å². The Balaban J connectivity index is 1.62. The molecule has 148 valence electrons. The van der Waals surface area contributed by atoms with Gasteiger partial charge in [0, 0.05) is 40.4 Å². The molecule has 1 unspecified atom stereocenters. The number of hydrogen-bond donors (Lipinski definition) is 1. The van der Waals surface area contributed by atoms with Gasteiger partial charge in [-0.25, -0.2) is 0 Å². The largest absolute Gasteiger partial charge is 0.325 e. The number of anilines is 2. The quantitative estimate of drug-likeness (QED) is 0.734. The lowest BCUT2D eigenvalue weighted by molar-refractivity contribution is -0.118. The Kier molecular flexibility index (Phi) is 6.60. The fourth-order valence-corrected chi connectivity index (χ4v) is 3.88. The highest BCUT2D eigenvalue weighted by Crippen LogP contribution is 2.29. The highest BCUT2D eigenvalue weighted by molar-refractivity contribution is 6.35. The molecule has 1 heterocycles. The lowest BCUT2D eigenvalue weighted by Crippen LogP contribution is -2.32. The second-order valence-corrected chi connectivity index (χ2v) is 7.85. The summed E-state index contributed by atoms with van der Waals surface area (Å²) in [6.45, 7) is 2.91. The van der Waals surface area contributed by atoms with E-state index in [0.717, 1.165) is 24.2 Å². The summed E-state index contributed by atoms with van der Waals surface area (Å²) in [6.07, 6.45) is 1.44. The SMILES string of the molecule is CC(c1ccc(Cl)cc1Cl)N(C)CC(=O)Nc1cccc(N2CCCC2=O)c1. The molecule has 2 aromatic carbocycles. The maximum absolute atomic E-state index is 12.5. The van der Waals surface area contributed by atoms with Crippen molar-refractivity contribution in [2.24, 2.45) is 0 Å². The standard InChI is InChI=1S/C21H23Cl2N3O2/c1-14(18-9-8-15(22)11-19(18)23)25(2)13-20(27)24-16-5-3-6-17(12-16)26-10-4-7-21(26)28/h3,5-6,8-9,11-12,14H,4,7,10,13H2,1-2H3,(H,24,27). The van der Waals surface area contributed by atoms with Crippen molar-refractivity contribution in [3.8, 4) is 0 Å². The third-order valence-electron chi connectivity index (χ3n) is 4.98. The summed E-state index contributed by atoms with van der Waals surface area (Å²) in [6, 6.07) is 12.7. The highest BCUT2D eigenvalue weighted by Gasteiger charge is 2.22. The van der Waals surface area contributed by atoms with Crippen LogP contribution in [0.25, 0.3) is 0 Å². The van der Waals surface area contributed by atoms with Crippen molar-refractivity contribution in [3.63, 3.8) is 0 Å². The predicted molar refractivity (Wildman–Crippen MR) is 114 cm³/mol. The molecule has 1 fully saturated rings. The van der Waals surface area contributed by atoms with Crippen LogP contribution in [0.4, 0.5) is 11.4 Å². The van der Waals surface area contributed by atoms with Gasteiger partial charge in [0.05, 0.1) is 6.54 Å². The minimum absolute atomic E-state index is 0.0518. The van der Waals surface area contributed by atoms with E-state index in [1.807, 2.05) is 49.2 Å². The van der Waals surface area contributed by atoms with Crippen molar-refractivity contribution >= 4 is 46.4 Å². The Hall–Kier alpha value is -2.08. The van der Waals surface area contributed by atoms with Crippen LogP contribution in [0.5, 0.6) is 0 Å². The first-order valence-corrected chi connectivity index (χ1v) is 9.96. The minimum atomic E-state index is -0.135. The number of nitrogens with zero attached hydrogens (tertiary/aromatic N) is 2. The molecule has 3 rings (SSSR count). The van der Waals surface area contributed by atoms with Gasteiger partial charge in [0.25, 0.3) is 0 Å². The zero-order valence-corrected chi connectivity index (χ0v) is 17.4. The average molecular weight is 420 g/mol. The summed E-state index contributed by atoms with van der Waals surface area (Å²) in [5, 5.41) is 4.07. The Bertz CT molecular complexity index is 888. The van der Waals surface area contributed by atoms with Gasteiger partial charge in [-0.3, -0.25) is 14.5 Å². The van der Waals surface area contributed by atoms with E-state index in [0.29, 0.717) is 22.2 Å². The molecule has 0 bridgehead atoms. The van der Waals surface area contributed by atoms with Crippen molar-refractivity contribution in [1.82, 2.24) is 4.90 Å². The van der Waals surface area contributed by atoms with E-state index in [9.17, 15) is 9.59 Å². The molecular weight excluding hydrogens is 397 g/mol. The van der Waals surface area contributed by atoms with Gasteiger partial charge in [-0.2, -0.15) is 0 Å². The van der Waals surface area contributed by atoms with E-state index in [1.165, 1.54) is 0 Å². The zero-order valence-electron chi connectivity index (χ0n) is 15.9. The first-order valence-electron chi connectivity index (χ1n) is 9.20. The van der Waals surface area contributed by atoms with Crippen molar-refractivity contribution in [1.29, 1.82) is 0 Å². The monoisotopic (exact) mass is 419 g/mol. The van der Waals surface area contributed by atoms with E-state index >= 15 is 0 Å². The number of nitrogens with one attached hydrogen (secondary N) is 1. The van der Waals surface area contributed by atoms with Crippen LogP contribution in [-0.2, 0) is 9.59 Å². The van der Waals surface area contributed by atoms with Gasteiger partial charge in [0.1, 0.15) is 0 Å². The summed E-state index contributed by atoms with van der Waals surface area (Å²) >= 11 is 12.2. The molecule has 2 amide bonds. The van der Waals surface area contributed by atoms with Crippen LogP contribution in [0.1, 0.15) is 31.4 Å². The molecular formula is C21H23Cl2N3O2. The summed E-state index contributed by atoms with van der Waals surface area (Å²) in [7, 11) is 1.87. The second kappa shape index (κ2) is 8.95. The van der Waals surface area contributed by atoms with Crippen LogP contribution < -0.4 is 10.2 Å². The number of hydrogen-bond acceptors (Lipinski definition) is 3. The molecule has 0 spiro atoms. The summed E-state index contributed by atoms with van der Waals surface area (Å²) in [5.74, 6) is -0.0128. The fraction of sp³-hybridized carbons (Fsp3) is 0.333. The Morgan fingerprint density at radius 1 is 1.25 bits per heavy atom. The number of carbonyl (C=O) groups is 2. The van der Waals surface area contributed by atoms with Crippen molar-refractivity contribution in [2.75, 3.05) is 30.4 Å². The molecule has 1 atom stereocenters. The Morgan fingerprint density at radius 2 is 2.04 bits per heavy atom. The van der Waals surface area contributed by atoms with Crippen LogP contribution in [0.15, 0.2) is 42.5 Å². The summed E-state index contributed by atoms with van der Waals surface area (Å²) in [4.78, 5) is 28.1. The van der Waals surface area contributed by atoms with Gasteiger partial charge in [0.2, 0.25) is 11.8 Å². The van der Waals surface area contributed by atoms with Gasteiger partial charge < -0.3 is 10.2 Å². The minimum Gasteiger partial charge on any atom is -0.325 e. The third kappa shape index (κ3) is 4.85. The van der Waals surface area contributed by atoms with E-state index < -0.39 is 0 Å². The van der Waals surface area contributed by atoms with Gasteiger partial charge in [-0.05, 0) is 56.3 Å². The van der Waals surface area contributed by atoms with Crippen molar-refractivity contribution < 1.29 is 9.59 Å². The van der Waals surface area contributed by atoms with Gasteiger partial charge in [-0.1, -0.05) is 35.3 Å². The molecule has 1 aliphatic rings. The van der Waals surface area contributed by atoms with Crippen LogP contribution in [0.2, 0.25) is 10.0 Å². The molecule has 0 radical (unpaired) electrons. The molecule has 0 saturated carbocycles.